The number of anilines is 1. The maximum absolute atomic E-state index is 13.5. The molecule has 1 atom stereocenters. The first-order valence-electron chi connectivity index (χ1n) is 5.94. The summed E-state index contributed by atoms with van der Waals surface area (Å²) in [6.07, 6.45) is 0. The van der Waals surface area contributed by atoms with Gasteiger partial charge in [0.25, 0.3) is 0 Å². The summed E-state index contributed by atoms with van der Waals surface area (Å²) in [7, 11) is 0. The van der Waals surface area contributed by atoms with E-state index in [4.69, 9.17) is 0 Å². The number of rotatable bonds is 4. The zero-order valence-corrected chi connectivity index (χ0v) is 10.6. The van der Waals surface area contributed by atoms with Gasteiger partial charge >= 0.3 is 5.69 Å². The number of hydrogen-bond acceptors (Lipinski definition) is 3. The van der Waals surface area contributed by atoms with E-state index in [9.17, 15) is 18.9 Å². The van der Waals surface area contributed by atoms with Gasteiger partial charge in [0.05, 0.1) is 4.92 Å². The number of hydrogen-bond donors (Lipinski definition) is 1. The zero-order chi connectivity index (χ0) is 14.7. The molecule has 0 aliphatic carbocycles. The highest BCUT2D eigenvalue weighted by molar-refractivity contribution is 5.62. The van der Waals surface area contributed by atoms with Crippen molar-refractivity contribution >= 4 is 11.4 Å². The average Bonchev–Trinajstić information content (AvgIpc) is 2.39. The van der Waals surface area contributed by atoms with Crippen molar-refractivity contribution in [3.8, 4) is 0 Å². The van der Waals surface area contributed by atoms with Gasteiger partial charge in [-0.2, -0.15) is 4.39 Å². The molecule has 0 aliphatic heterocycles. The van der Waals surface area contributed by atoms with Crippen LogP contribution in [0.2, 0.25) is 0 Å². The lowest BCUT2D eigenvalue weighted by Gasteiger charge is -2.15. The van der Waals surface area contributed by atoms with Crippen molar-refractivity contribution in [2.75, 3.05) is 5.32 Å². The van der Waals surface area contributed by atoms with Crippen LogP contribution in [0.3, 0.4) is 0 Å². The Bertz CT molecular complexity index is 630. The second-order valence-corrected chi connectivity index (χ2v) is 4.31. The molecular formula is C14H12F2N2O2. The summed E-state index contributed by atoms with van der Waals surface area (Å²) in [4.78, 5) is 10.1. The minimum atomic E-state index is -0.897. The number of benzene rings is 2. The molecule has 20 heavy (non-hydrogen) atoms. The summed E-state index contributed by atoms with van der Waals surface area (Å²) >= 11 is 0. The van der Waals surface area contributed by atoms with Gasteiger partial charge < -0.3 is 5.32 Å². The molecule has 0 bridgehead atoms. The van der Waals surface area contributed by atoms with Gasteiger partial charge in [0.15, 0.2) is 0 Å². The molecule has 0 radical (unpaired) electrons. The summed E-state index contributed by atoms with van der Waals surface area (Å²) in [6.45, 7) is 1.75. The van der Waals surface area contributed by atoms with Gasteiger partial charge in [0.2, 0.25) is 5.82 Å². The van der Waals surface area contributed by atoms with E-state index in [1.807, 2.05) is 0 Å². The standard InChI is InChI=1S/C14H12F2N2O2/c1-9(10-5-7-11(15)8-6-10)17-13-4-2-3-12(16)14(13)18(19)20/h2-9,17H,1H3. The van der Waals surface area contributed by atoms with Gasteiger partial charge in [0.1, 0.15) is 11.5 Å². The lowest BCUT2D eigenvalue weighted by Crippen LogP contribution is -2.09. The number of para-hydroxylation sites is 1. The molecule has 0 aliphatic rings. The predicted octanol–water partition coefficient (Wildman–Crippen LogP) is 4.05. The van der Waals surface area contributed by atoms with Crippen LogP contribution in [0.5, 0.6) is 0 Å². The van der Waals surface area contributed by atoms with Crippen LogP contribution in [0.4, 0.5) is 20.2 Å². The SMILES string of the molecule is CC(Nc1cccc(F)c1[N+](=O)[O-])c1ccc(F)cc1. The lowest BCUT2D eigenvalue weighted by molar-refractivity contribution is -0.386. The van der Waals surface area contributed by atoms with Gasteiger partial charge in [-0.1, -0.05) is 18.2 Å². The lowest BCUT2D eigenvalue weighted by atomic mass is 10.1. The van der Waals surface area contributed by atoms with Crippen molar-refractivity contribution in [1.82, 2.24) is 0 Å². The highest BCUT2D eigenvalue weighted by atomic mass is 19.1. The van der Waals surface area contributed by atoms with E-state index in [1.165, 1.54) is 24.3 Å². The van der Waals surface area contributed by atoms with Crippen LogP contribution in [0.25, 0.3) is 0 Å². The molecular weight excluding hydrogens is 266 g/mol. The van der Waals surface area contributed by atoms with E-state index in [-0.39, 0.29) is 17.5 Å². The Morgan fingerprint density at radius 3 is 2.40 bits per heavy atom. The fourth-order valence-electron chi connectivity index (χ4n) is 1.89. The van der Waals surface area contributed by atoms with Gasteiger partial charge in [-0.05, 0) is 36.8 Å². The topological polar surface area (TPSA) is 55.2 Å². The third kappa shape index (κ3) is 2.90. The van der Waals surface area contributed by atoms with Crippen molar-refractivity contribution in [2.45, 2.75) is 13.0 Å². The largest absolute Gasteiger partial charge is 0.373 e. The van der Waals surface area contributed by atoms with E-state index < -0.39 is 16.4 Å². The fraction of sp³-hybridized carbons (Fsp3) is 0.143. The van der Waals surface area contributed by atoms with Crippen molar-refractivity contribution in [1.29, 1.82) is 0 Å². The van der Waals surface area contributed by atoms with Crippen LogP contribution in [0.15, 0.2) is 42.5 Å². The third-order valence-electron chi connectivity index (χ3n) is 2.91. The van der Waals surface area contributed by atoms with Gasteiger partial charge in [-0.3, -0.25) is 10.1 Å². The maximum Gasteiger partial charge on any atom is 0.327 e. The Morgan fingerprint density at radius 2 is 1.80 bits per heavy atom. The van der Waals surface area contributed by atoms with E-state index in [1.54, 1.807) is 19.1 Å². The quantitative estimate of drug-likeness (QED) is 0.678. The van der Waals surface area contributed by atoms with Crippen molar-refractivity contribution in [3.05, 3.63) is 69.8 Å². The van der Waals surface area contributed by atoms with Gasteiger partial charge in [-0.15, -0.1) is 0 Å². The van der Waals surface area contributed by atoms with Crippen LogP contribution >= 0.6 is 0 Å². The van der Waals surface area contributed by atoms with Crippen LogP contribution < -0.4 is 5.32 Å². The second kappa shape index (κ2) is 5.64. The summed E-state index contributed by atoms with van der Waals surface area (Å²) < 4.78 is 26.3. The van der Waals surface area contributed by atoms with Crippen molar-refractivity contribution in [2.24, 2.45) is 0 Å². The minimum Gasteiger partial charge on any atom is -0.373 e. The molecule has 1 N–H and O–H groups in total. The molecule has 0 aromatic heterocycles. The summed E-state index contributed by atoms with van der Waals surface area (Å²) in [5.74, 6) is -1.26. The molecule has 2 aromatic rings. The Labute approximate surface area is 114 Å². The van der Waals surface area contributed by atoms with E-state index in [0.717, 1.165) is 11.6 Å². The molecule has 6 heteroatoms. The first-order valence-corrected chi connectivity index (χ1v) is 5.94. The first kappa shape index (κ1) is 13.9. The van der Waals surface area contributed by atoms with Crippen LogP contribution in [-0.4, -0.2) is 4.92 Å². The van der Waals surface area contributed by atoms with Gasteiger partial charge in [0, 0.05) is 6.04 Å². The second-order valence-electron chi connectivity index (χ2n) is 4.31. The number of halogens is 2. The zero-order valence-electron chi connectivity index (χ0n) is 10.6. The van der Waals surface area contributed by atoms with Gasteiger partial charge in [-0.25, -0.2) is 4.39 Å². The number of nitro groups is 1. The molecule has 104 valence electrons. The summed E-state index contributed by atoms with van der Waals surface area (Å²) in [6, 6.07) is 9.27. The average molecular weight is 278 g/mol. The Hall–Kier alpha value is -2.50. The van der Waals surface area contributed by atoms with Crippen LogP contribution in [-0.2, 0) is 0 Å². The number of nitro benzene ring substituents is 1. The highest BCUT2D eigenvalue weighted by Crippen LogP contribution is 2.30. The minimum absolute atomic E-state index is 0.0897. The molecule has 0 saturated carbocycles. The Kier molecular flexibility index (Phi) is 3.93. The summed E-state index contributed by atoms with van der Waals surface area (Å²) in [5, 5.41) is 13.7. The molecule has 0 spiro atoms. The highest BCUT2D eigenvalue weighted by Gasteiger charge is 2.21. The van der Waals surface area contributed by atoms with E-state index >= 15 is 0 Å². The monoisotopic (exact) mass is 278 g/mol. The van der Waals surface area contributed by atoms with E-state index in [2.05, 4.69) is 5.32 Å². The molecule has 0 heterocycles. The molecule has 0 amide bonds. The van der Waals surface area contributed by atoms with Crippen molar-refractivity contribution < 1.29 is 13.7 Å². The van der Waals surface area contributed by atoms with Crippen molar-refractivity contribution in [3.63, 3.8) is 0 Å². The molecule has 0 saturated heterocycles. The molecule has 4 nitrogen and oxygen atoms in total. The van der Waals surface area contributed by atoms with Crippen LogP contribution in [0.1, 0.15) is 18.5 Å². The molecule has 2 aromatic carbocycles. The molecule has 0 fully saturated rings. The smallest absolute Gasteiger partial charge is 0.327 e. The normalized spacial score (nSPS) is 11.9. The number of nitrogens with zero attached hydrogens (tertiary/aromatic N) is 1. The number of nitrogens with one attached hydrogen (secondary N) is 1. The maximum atomic E-state index is 13.5. The molecule has 2 rings (SSSR count). The summed E-state index contributed by atoms with van der Waals surface area (Å²) in [5.41, 5.74) is 0.234. The Morgan fingerprint density at radius 1 is 1.15 bits per heavy atom. The Balaban J connectivity index is 2.28. The fourth-order valence-corrected chi connectivity index (χ4v) is 1.89. The predicted molar refractivity (Wildman–Crippen MR) is 71.5 cm³/mol. The first-order chi connectivity index (χ1) is 9.49. The third-order valence-corrected chi connectivity index (χ3v) is 2.91. The molecule has 1 unspecified atom stereocenters. The van der Waals surface area contributed by atoms with E-state index in [0.29, 0.717) is 0 Å². The van der Waals surface area contributed by atoms with Crippen LogP contribution in [0, 0.1) is 21.7 Å².